The van der Waals surface area contributed by atoms with Crippen molar-refractivity contribution in [3.8, 4) is 17.2 Å². The van der Waals surface area contributed by atoms with Crippen molar-refractivity contribution in [1.82, 2.24) is 15.6 Å². The number of rotatable bonds is 4. The Labute approximate surface area is 156 Å². The first kappa shape index (κ1) is 17.3. The third kappa shape index (κ3) is 3.69. The summed E-state index contributed by atoms with van der Waals surface area (Å²) < 4.78 is 13.1. The molecular weight excluding hydrogens is 343 g/mol. The van der Waals surface area contributed by atoms with Gasteiger partial charge in [-0.05, 0) is 41.8 Å². The standard InChI is InChI=1S/C21H19FN4O/c22-17-5-3-14(4-6-17)15-1-2-16-9-20(26-19(16)8-15)21(27)25-12-18-7-13(10-23)11-24-18/h1-6,8-9,13,18,24,26H,7,11-12H2,(H,25,27)/t13-,18+/m0/s1. The number of aromatic amines is 1. The topological polar surface area (TPSA) is 80.7 Å². The minimum Gasteiger partial charge on any atom is -0.351 e. The lowest BCUT2D eigenvalue weighted by molar-refractivity contribution is 0.0946. The molecule has 1 aliphatic rings. The fourth-order valence-corrected chi connectivity index (χ4v) is 3.46. The first-order chi connectivity index (χ1) is 13.1. The minimum atomic E-state index is -0.267. The van der Waals surface area contributed by atoms with E-state index >= 15 is 0 Å². The molecule has 0 aliphatic carbocycles. The van der Waals surface area contributed by atoms with Gasteiger partial charge >= 0.3 is 0 Å². The molecule has 2 heterocycles. The fourth-order valence-electron chi connectivity index (χ4n) is 3.46. The summed E-state index contributed by atoms with van der Waals surface area (Å²) in [7, 11) is 0. The van der Waals surface area contributed by atoms with Gasteiger partial charge in [0.25, 0.3) is 5.91 Å². The van der Waals surface area contributed by atoms with Gasteiger partial charge in [0.15, 0.2) is 0 Å². The SMILES string of the molecule is N#C[C@H]1CN[C@@H](CNC(=O)c2cc3ccc(-c4ccc(F)cc4)cc3[nH]2)C1. The number of H-pyrrole nitrogens is 1. The molecule has 0 radical (unpaired) electrons. The second kappa shape index (κ2) is 7.22. The van der Waals surface area contributed by atoms with E-state index in [2.05, 4.69) is 21.7 Å². The molecule has 0 spiro atoms. The van der Waals surface area contributed by atoms with Crippen LogP contribution in [-0.4, -0.2) is 30.0 Å². The molecule has 1 amide bonds. The molecule has 27 heavy (non-hydrogen) atoms. The van der Waals surface area contributed by atoms with Crippen LogP contribution in [0.3, 0.4) is 0 Å². The Hall–Kier alpha value is -3.17. The van der Waals surface area contributed by atoms with Crippen LogP contribution in [0.25, 0.3) is 22.0 Å². The number of nitrogens with one attached hydrogen (secondary N) is 3. The van der Waals surface area contributed by atoms with Crippen LogP contribution in [0, 0.1) is 23.1 Å². The molecule has 3 N–H and O–H groups in total. The lowest BCUT2D eigenvalue weighted by Gasteiger charge is -2.10. The molecule has 2 atom stereocenters. The maximum absolute atomic E-state index is 13.1. The normalized spacial score (nSPS) is 19.1. The van der Waals surface area contributed by atoms with E-state index in [-0.39, 0.29) is 23.7 Å². The Morgan fingerprint density at radius 3 is 2.70 bits per heavy atom. The van der Waals surface area contributed by atoms with Gasteiger partial charge in [-0.15, -0.1) is 0 Å². The molecule has 1 saturated heterocycles. The lowest BCUT2D eigenvalue weighted by atomic mass is 10.0. The Morgan fingerprint density at radius 1 is 1.19 bits per heavy atom. The molecule has 2 aromatic carbocycles. The Bertz CT molecular complexity index is 1020. The van der Waals surface area contributed by atoms with Crippen LogP contribution in [0.2, 0.25) is 0 Å². The first-order valence-corrected chi connectivity index (χ1v) is 8.92. The van der Waals surface area contributed by atoms with Crippen molar-refractivity contribution < 1.29 is 9.18 Å². The summed E-state index contributed by atoms with van der Waals surface area (Å²) in [5.41, 5.74) is 3.22. The summed E-state index contributed by atoms with van der Waals surface area (Å²) in [6, 6.07) is 16.4. The highest BCUT2D eigenvalue weighted by Gasteiger charge is 2.24. The van der Waals surface area contributed by atoms with E-state index in [0.29, 0.717) is 18.8 Å². The molecule has 5 nitrogen and oxygen atoms in total. The fraction of sp³-hybridized carbons (Fsp3) is 0.238. The third-order valence-corrected chi connectivity index (χ3v) is 4.96. The number of amides is 1. The molecule has 0 saturated carbocycles. The number of hydrogen-bond acceptors (Lipinski definition) is 3. The molecule has 136 valence electrons. The zero-order valence-corrected chi connectivity index (χ0v) is 14.6. The van der Waals surface area contributed by atoms with Crippen molar-refractivity contribution in [3.63, 3.8) is 0 Å². The van der Waals surface area contributed by atoms with Crippen LogP contribution in [0.1, 0.15) is 16.9 Å². The number of carbonyl (C=O) groups is 1. The van der Waals surface area contributed by atoms with Gasteiger partial charge in [0.1, 0.15) is 11.5 Å². The average molecular weight is 362 g/mol. The molecule has 3 aromatic rings. The first-order valence-electron chi connectivity index (χ1n) is 8.92. The van der Waals surface area contributed by atoms with E-state index in [9.17, 15) is 9.18 Å². The monoisotopic (exact) mass is 362 g/mol. The van der Waals surface area contributed by atoms with Crippen LogP contribution in [0.5, 0.6) is 0 Å². The summed E-state index contributed by atoms with van der Waals surface area (Å²) >= 11 is 0. The van der Waals surface area contributed by atoms with Crippen molar-refractivity contribution in [2.45, 2.75) is 12.5 Å². The Kier molecular flexibility index (Phi) is 4.61. The van der Waals surface area contributed by atoms with Gasteiger partial charge in [-0.2, -0.15) is 5.26 Å². The maximum Gasteiger partial charge on any atom is 0.267 e. The van der Waals surface area contributed by atoms with Crippen molar-refractivity contribution >= 4 is 16.8 Å². The van der Waals surface area contributed by atoms with Crippen LogP contribution in [0.15, 0.2) is 48.5 Å². The summed E-state index contributed by atoms with van der Waals surface area (Å²) in [6.45, 7) is 1.17. The van der Waals surface area contributed by atoms with Gasteiger partial charge in [-0.1, -0.05) is 24.3 Å². The van der Waals surface area contributed by atoms with Gasteiger partial charge in [0.2, 0.25) is 0 Å². The number of nitriles is 1. The van der Waals surface area contributed by atoms with E-state index in [1.807, 2.05) is 24.3 Å². The highest BCUT2D eigenvalue weighted by molar-refractivity contribution is 5.98. The van der Waals surface area contributed by atoms with Crippen LogP contribution >= 0.6 is 0 Å². The van der Waals surface area contributed by atoms with Gasteiger partial charge in [0.05, 0.1) is 12.0 Å². The summed E-state index contributed by atoms with van der Waals surface area (Å²) in [4.78, 5) is 15.6. The second-order valence-electron chi connectivity index (χ2n) is 6.87. The molecular formula is C21H19FN4O. The molecule has 1 fully saturated rings. The summed E-state index contributed by atoms with van der Waals surface area (Å²) in [5, 5.41) is 16.0. The zero-order valence-electron chi connectivity index (χ0n) is 14.6. The number of carbonyl (C=O) groups excluding carboxylic acids is 1. The number of aromatic nitrogens is 1. The van der Waals surface area contributed by atoms with E-state index in [0.717, 1.165) is 28.5 Å². The lowest BCUT2D eigenvalue weighted by Crippen LogP contribution is -2.37. The van der Waals surface area contributed by atoms with Gasteiger partial charge in [-0.3, -0.25) is 4.79 Å². The Balaban J connectivity index is 1.47. The van der Waals surface area contributed by atoms with Gasteiger partial charge < -0.3 is 15.6 Å². The molecule has 0 unspecified atom stereocenters. The van der Waals surface area contributed by atoms with Crippen LogP contribution in [0.4, 0.5) is 4.39 Å². The highest BCUT2D eigenvalue weighted by atomic mass is 19.1. The molecule has 1 aliphatic heterocycles. The van der Waals surface area contributed by atoms with E-state index in [1.54, 1.807) is 12.1 Å². The molecule has 1 aromatic heterocycles. The number of fused-ring (bicyclic) bond motifs is 1. The average Bonchev–Trinajstić information content (AvgIpc) is 3.32. The third-order valence-electron chi connectivity index (χ3n) is 4.96. The van der Waals surface area contributed by atoms with E-state index in [1.165, 1.54) is 12.1 Å². The van der Waals surface area contributed by atoms with Crippen molar-refractivity contribution in [2.24, 2.45) is 5.92 Å². The van der Waals surface area contributed by atoms with Crippen LogP contribution in [-0.2, 0) is 0 Å². The predicted octanol–water partition coefficient (Wildman–Crippen LogP) is 3.21. The van der Waals surface area contributed by atoms with Crippen molar-refractivity contribution in [2.75, 3.05) is 13.1 Å². The van der Waals surface area contributed by atoms with Gasteiger partial charge in [-0.25, -0.2) is 4.39 Å². The smallest absolute Gasteiger partial charge is 0.267 e. The second-order valence-corrected chi connectivity index (χ2v) is 6.87. The molecule has 0 bridgehead atoms. The minimum absolute atomic E-state index is 0.0184. The van der Waals surface area contributed by atoms with Crippen molar-refractivity contribution in [1.29, 1.82) is 5.26 Å². The number of hydrogen-bond donors (Lipinski definition) is 3. The molecule has 4 rings (SSSR count). The summed E-state index contributed by atoms with van der Waals surface area (Å²) in [6.07, 6.45) is 0.754. The Morgan fingerprint density at radius 2 is 1.96 bits per heavy atom. The van der Waals surface area contributed by atoms with Gasteiger partial charge in [0, 0.05) is 30.0 Å². The summed E-state index contributed by atoms with van der Waals surface area (Å²) in [5.74, 6) is -0.418. The number of halogens is 1. The highest BCUT2D eigenvalue weighted by Crippen LogP contribution is 2.25. The van der Waals surface area contributed by atoms with Crippen molar-refractivity contribution in [3.05, 3.63) is 60.0 Å². The predicted molar refractivity (Wildman–Crippen MR) is 102 cm³/mol. The molecule has 6 heteroatoms. The zero-order chi connectivity index (χ0) is 18.8. The number of benzene rings is 2. The number of nitrogens with zero attached hydrogens (tertiary/aromatic N) is 1. The quantitative estimate of drug-likeness (QED) is 0.667. The van der Waals surface area contributed by atoms with E-state index < -0.39 is 0 Å². The maximum atomic E-state index is 13.1. The largest absolute Gasteiger partial charge is 0.351 e. The van der Waals surface area contributed by atoms with Crippen LogP contribution < -0.4 is 10.6 Å². The van der Waals surface area contributed by atoms with E-state index in [4.69, 9.17) is 5.26 Å².